The number of carbonyl (C=O) groups is 1. The molecule has 1 saturated carbocycles. The predicted octanol–water partition coefficient (Wildman–Crippen LogP) is 1.12. The molecule has 144 valence electrons. The van der Waals surface area contributed by atoms with Crippen LogP contribution in [0.25, 0.3) is 10.2 Å². The number of aryl methyl sites for hydroxylation is 2. The minimum absolute atomic E-state index is 0.0411. The van der Waals surface area contributed by atoms with Crippen molar-refractivity contribution < 1.29 is 13.2 Å². The zero-order valence-electron chi connectivity index (χ0n) is 14.9. The van der Waals surface area contributed by atoms with Gasteiger partial charge in [0.1, 0.15) is 11.4 Å². The molecule has 0 aromatic carbocycles. The van der Waals surface area contributed by atoms with Crippen molar-refractivity contribution in [3.63, 3.8) is 0 Å². The van der Waals surface area contributed by atoms with Gasteiger partial charge in [-0.05, 0) is 44.1 Å². The van der Waals surface area contributed by atoms with Gasteiger partial charge in [-0.25, -0.2) is 13.4 Å². The zero-order valence-corrected chi connectivity index (χ0v) is 16.5. The highest BCUT2D eigenvalue weighted by Crippen LogP contribution is 2.35. The summed E-state index contributed by atoms with van der Waals surface area (Å²) in [7, 11) is -3.06. The lowest BCUT2D eigenvalue weighted by atomic mass is 10.2. The minimum Gasteiger partial charge on any atom is -0.334 e. The molecule has 1 amide bonds. The topological polar surface area (TPSA) is 89.3 Å². The lowest BCUT2D eigenvalue weighted by Crippen LogP contribution is -2.45. The Kier molecular flexibility index (Phi) is 3.94. The van der Waals surface area contributed by atoms with Gasteiger partial charge in [0.15, 0.2) is 9.84 Å². The lowest BCUT2D eigenvalue weighted by Gasteiger charge is -2.28. The fraction of sp³-hybridized carbons (Fsp3) is 0.611. The smallest absolute Gasteiger partial charge is 0.262 e. The first kappa shape index (κ1) is 17.4. The third-order valence-electron chi connectivity index (χ3n) is 5.83. The van der Waals surface area contributed by atoms with Crippen LogP contribution in [0, 0.1) is 0 Å². The Hall–Kier alpha value is -1.74. The molecule has 27 heavy (non-hydrogen) atoms. The number of thiophene rings is 1. The average Bonchev–Trinajstić information content (AvgIpc) is 3.05. The van der Waals surface area contributed by atoms with Crippen LogP contribution in [0.1, 0.15) is 36.1 Å². The Labute approximate surface area is 160 Å². The maximum Gasteiger partial charge on any atom is 0.262 e. The molecule has 1 saturated heterocycles. The summed E-state index contributed by atoms with van der Waals surface area (Å²) in [5, 5.41) is 0.671. The second-order valence-electron chi connectivity index (χ2n) is 7.80. The van der Waals surface area contributed by atoms with Gasteiger partial charge in [0.2, 0.25) is 5.91 Å². The highest BCUT2D eigenvalue weighted by molar-refractivity contribution is 7.91. The number of carbonyl (C=O) groups excluding carboxylic acids is 1. The third-order valence-corrected chi connectivity index (χ3v) is 8.78. The Morgan fingerprint density at radius 3 is 2.78 bits per heavy atom. The van der Waals surface area contributed by atoms with Crippen molar-refractivity contribution in [3.05, 3.63) is 27.1 Å². The zero-order chi connectivity index (χ0) is 18.8. The summed E-state index contributed by atoms with van der Waals surface area (Å²) < 4.78 is 25.1. The molecule has 9 heteroatoms. The van der Waals surface area contributed by atoms with Gasteiger partial charge in [-0.1, -0.05) is 0 Å². The van der Waals surface area contributed by atoms with Gasteiger partial charge in [-0.3, -0.25) is 14.2 Å². The molecule has 0 radical (unpaired) electrons. The number of aromatic nitrogens is 2. The summed E-state index contributed by atoms with van der Waals surface area (Å²) in [6, 6.07) is -0.138. The summed E-state index contributed by atoms with van der Waals surface area (Å²) in [5.74, 6) is 0.0111. The SMILES string of the molecule is O=C(Cn1cnc2sc3c(c2c1=O)CCC3)N(C1CC1)[C@H]1CCS(=O)(=O)C1. The summed E-state index contributed by atoms with van der Waals surface area (Å²) in [4.78, 5) is 34.1. The maximum absolute atomic E-state index is 13.0. The maximum atomic E-state index is 13.0. The molecule has 2 fully saturated rings. The number of amides is 1. The molecule has 0 unspecified atom stereocenters. The highest BCUT2D eigenvalue weighted by Gasteiger charge is 2.42. The van der Waals surface area contributed by atoms with Crippen LogP contribution in [0.2, 0.25) is 0 Å². The number of nitrogens with zero attached hydrogens (tertiary/aromatic N) is 3. The van der Waals surface area contributed by atoms with Crippen LogP contribution >= 0.6 is 11.3 Å². The van der Waals surface area contributed by atoms with Gasteiger partial charge < -0.3 is 4.90 Å². The quantitative estimate of drug-likeness (QED) is 0.758. The monoisotopic (exact) mass is 407 g/mol. The van der Waals surface area contributed by atoms with E-state index in [1.165, 1.54) is 15.8 Å². The summed E-state index contributed by atoms with van der Waals surface area (Å²) in [6.07, 6.45) is 6.74. The number of hydrogen-bond donors (Lipinski definition) is 0. The van der Waals surface area contributed by atoms with Crippen LogP contribution in [0.5, 0.6) is 0 Å². The van der Waals surface area contributed by atoms with Crippen LogP contribution in [-0.4, -0.2) is 52.4 Å². The van der Waals surface area contributed by atoms with Crippen molar-refractivity contribution in [1.82, 2.24) is 14.5 Å². The van der Waals surface area contributed by atoms with E-state index >= 15 is 0 Å². The molecule has 0 spiro atoms. The van der Waals surface area contributed by atoms with Gasteiger partial charge in [-0.2, -0.15) is 0 Å². The summed E-state index contributed by atoms with van der Waals surface area (Å²) in [5.41, 5.74) is 0.956. The van der Waals surface area contributed by atoms with Gasteiger partial charge >= 0.3 is 0 Å². The molecule has 0 bridgehead atoms. The van der Waals surface area contributed by atoms with E-state index in [9.17, 15) is 18.0 Å². The van der Waals surface area contributed by atoms with E-state index in [1.54, 1.807) is 16.2 Å². The van der Waals surface area contributed by atoms with Crippen molar-refractivity contribution in [1.29, 1.82) is 0 Å². The molecule has 5 rings (SSSR count). The Morgan fingerprint density at radius 1 is 1.26 bits per heavy atom. The van der Waals surface area contributed by atoms with Gasteiger partial charge in [0.25, 0.3) is 5.56 Å². The van der Waals surface area contributed by atoms with Crippen molar-refractivity contribution >= 4 is 37.3 Å². The number of rotatable bonds is 4. The van der Waals surface area contributed by atoms with Crippen LogP contribution in [0.15, 0.2) is 11.1 Å². The molecule has 2 aliphatic carbocycles. The van der Waals surface area contributed by atoms with Crippen molar-refractivity contribution in [3.8, 4) is 0 Å². The average molecular weight is 408 g/mol. The molecule has 1 atom stereocenters. The Balaban J connectivity index is 1.45. The van der Waals surface area contributed by atoms with Gasteiger partial charge in [0.05, 0.1) is 23.2 Å². The summed E-state index contributed by atoms with van der Waals surface area (Å²) in [6.45, 7) is -0.0700. The molecule has 2 aromatic rings. The fourth-order valence-corrected chi connectivity index (χ4v) is 7.34. The first-order chi connectivity index (χ1) is 12.9. The standard InChI is InChI=1S/C18H21N3O4S2/c22-15(21(11-4-5-11)12-6-7-27(24,25)9-12)8-20-10-19-17-16(18(20)23)13-2-1-3-14(13)26-17/h10-12H,1-9H2/t12-/m0/s1. The van der Waals surface area contributed by atoms with E-state index in [1.807, 2.05) is 0 Å². The van der Waals surface area contributed by atoms with E-state index in [-0.39, 0.29) is 41.6 Å². The van der Waals surface area contributed by atoms with Crippen molar-refractivity contribution in [2.45, 2.75) is 57.2 Å². The Morgan fingerprint density at radius 2 is 2.07 bits per heavy atom. The number of hydrogen-bond acceptors (Lipinski definition) is 6. The molecule has 7 nitrogen and oxygen atoms in total. The molecular weight excluding hydrogens is 386 g/mol. The lowest BCUT2D eigenvalue weighted by molar-refractivity contribution is -0.134. The van der Waals surface area contributed by atoms with E-state index in [2.05, 4.69) is 4.98 Å². The minimum atomic E-state index is -3.06. The summed E-state index contributed by atoms with van der Waals surface area (Å²) >= 11 is 1.58. The van der Waals surface area contributed by atoms with Crippen molar-refractivity contribution in [2.24, 2.45) is 0 Å². The molecule has 2 aromatic heterocycles. The molecule has 1 aliphatic heterocycles. The largest absolute Gasteiger partial charge is 0.334 e. The molecule has 3 heterocycles. The third kappa shape index (κ3) is 3.00. The first-order valence-electron chi connectivity index (χ1n) is 9.44. The first-order valence-corrected chi connectivity index (χ1v) is 12.1. The van der Waals surface area contributed by atoms with E-state index in [0.717, 1.165) is 42.5 Å². The molecule has 3 aliphatic rings. The number of sulfone groups is 1. The second kappa shape index (κ2) is 6.13. The predicted molar refractivity (Wildman–Crippen MR) is 103 cm³/mol. The van der Waals surface area contributed by atoms with Crippen LogP contribution in [0.4, 0.5) is 0 Å². The van der Waals surface area contributed by atoms with Gasteiger partial charge in [0, 0.05) is 17.0 Å². The number of fused-ring (bicyclic) bond motifs is 3. The van der Waals surface area contributed by atoms with E-state index < -0.39 is 9.84 Å². The normalized spacial score (nSPS) is 23.6. The van der Waals surface area contributed by atoms with Crippen LogP contribution < -0.4 is 5.56 Å². The van der Waals surface area contributed by atoms with E-state index in [0.29, 0.717) is 11.8 Å². The van der Waals surface area contributed by atoms with E-state index in [4.69, 9.17) is 0 Å². The highest BCUT2D eigenvalue weighted by atomic mass is 32.2. The van der Waals surface area contributed by atoms with Crippen molar-refractivity contribution in [2.75, 3.05) is 11.5 Å². The Bertz CT molecular complexity index is 1100. The molecular formula is C18H21N3O4S2. The van der Waals surface area contributed by atoms with Gasteiger partial charge in [-0.15, -0.1) is 11.3 Å². The fourth-order valence-electron chi connectivity index (χ4n) is 4.41. The van der Waals surface area contributed by atoms with Crippen LogP contribution in [-0.2, 0) is 34.0 Å². The molecule has 0 N–H and O–H groups in total. The van der Waals surface area contributed by atoms with Crippen LogP contribution in [0.3, 0.4) is 0 Å². The second-order valence-corrected chi connectivity index (χ2v) is 11.1.